The van der Waals surface area contributed by atoms with Gasteiger partial charge in [0.05, 0.1) is 6.42 Å². The van der Waals surface area contributed by atoms with Gasteiger partial charge >= 0.3 is 11.9 Å². The molecule has 6 nitrogen and oxygen atoms in total. The average molecular weight is 333 g/mol. The van der Waals surface area contributed by atoms with Gasteiger partial charge in [-0.05, 0) is 44.7 Å². The molecule has 1 amide bonds. The Kier molecular flexibility index (Phi) is 5.26. The highest BCUT2D eigenvalue weighted by Crippen LogP contribution is 2.37. The van der Waals surface area contributed by atoms with Crippen LogP contribution in [0.5, 0.6) is 0 Å². The molecule has 2 rings (SSSR count). The molecule has 24 heavy (non-hydrogen) atoms. The molecule has 0 aromatic heterocycles. The van der Waals surface area contributed by atoms with Crippen LogP contribution in [0.15, 0.2) is 24.3 Å². The Balaban J connectivity index is 2.29. The second-order valence-corrected chi connectivity index (χ2v) is 6.96. The third-order valence-electron chi connectivity index (χ3n) is 3.80. The summed E-state index contributed by atoms with van der Waals surface area (Å²) in [5, 5.41) is 9.07. The van der Waals surface area contributed by atoms with Crippen LogP contribution >= 0.6 is 0 Å². The van der Waals surface area contributed by atoms with Gasteiger partial charge in [0, 0.05) is 12.1 Å². The summed E-state index contributed by atoms with van der Waals surface area (Å²) in [5.74, 6) is -1.79. The third kappa shape index (κ3) is 4.57. The Morgan fingerprint density at radius 2 is 1.96 bits per heavy atom. The fraction of sp³-hybridized carbons (Fsp3) is 0.500. The summed E-state index contributed by atoms with van der Waals surface area (Å²) in [4.78, 5) is 36.9. The fourth-order valence-electron chi connectivity index (χ4n) is 2.91. The Labute approximate surface area is 141 Å². The summed E-state index contributed by atoms with van der Waals surface area (Å²) < 4.78 is 5.38. The van der Waals surface area contributed by atoms with E-state index in [0.717, 1.165) is 5.56 Å². The van der Waals surface area contributed by atoms with Crippen molar-refractivity contribution in [2.75, 3.05) is 11.4 Å². The average Bonchev–Trinajstić information content (AvgIpc) is 2.57. The van der Waals surface area contributed by atoms with Crippen molar-refractivity contribution in [1.82, 2.24) is 0 Å². The topological polar surface area (TPSA) is 83.9 Å². The number of anilines is 1. The normalized spacial score (nSPS) is 17.9. The largest absolute Gasteiger partial charge is 0.480 e. The third-order valence-corrected chi connectivity index (χ3v) is 3.80. The zero-order valence-electron chi connectivity index (χ0n) is 14.2. The first-order valence-electron chi connectivity index (χ1n) is 8.00. The van der Waals surface area contributed by atoms with Crippen LogP contribution < -0.4 is 4.90 Å². The highest BCUT2D eigenvalue weighted by Gasteiger charge is 2.31. The van der Waals surface area contributed by atoms with Gasteiger partial charge in [0.1, 0.15) is 12.1 Å². The zero-order chi connectivity index (χ0) is 17.9. The fourth-order valence-corrected chi connectivity index (χ4v) is 2.91. The summed E-state index contributed by atoms with van der Waals surface area (Å²) in [5.41, 5.74) is 0.818. The smallest absolute Gasteiger partial charge is 0.323 e. The molecule has 0 saturated heterocycles. The van der Waals surface area contributed by atoms with Gasteiger partial charge in [0.2, 0.25) is 5.91 Å². The lowest BCUT2D eigenvalue weighted by Crippen LogP contribution is -2.35. The number of aliphatic carboxylic acids is 1. The van der Waals surface area contributed by atoms with Gasteiger partial charge in [-0.15, -0.1) is 0 Å². The number of carboxylic acids is 1. The zero-order valence-corrected chi connectivity index (χ0v) is 14.2. The molecule has 1 aliphatic heterocycles. The molecule has 1 aromatic carbocycles. The van der Waals surface area contributed by atoms with Crippen molar-refractivity contribution in [1.29, 1.82) is 0 Å². The van der Waals surface area contributed by atoms with Gasteiger partial charge in [-0.2, -0.15) is 0 Å². The van der Waals surface area contributed by atoms with Crippen molar-refractivity contribution in [3.63, 3.8) is 0 Å². The lowest BCUT2D eigenvalue weighted by atomic mass is 9.91. The van der Waals surface area contributed by atoms with Gasteiger partial charge < -0.3 is 14.7 Å². The highest BCUT2D eigenvalue weighted by atomic mass is 16.6. The lowest BCUT2D eigenvalue weighted by molar-refractivity contribution is -0.155. The standard InChI is InChI=1S/C18H23NO5/c1-18(2,3)24-17(23)10-12-8-9-15(20)19(11-16(21)22)14-7-5-4-6-13(12)14/h4-7,12H,8-11H2,1-3H3,(H,21,22). The molecule has 1 heterocycles. The Bertz CT molecular complexity index is 647. The first kappa shape index (κ1) is 18.0. The maximum atomic E-state index is 12.3. The molecule has 0 aliphatic carbocycles. The van der Waals surface area contributed by atoms with Crippen LogP contribution in [0.3, 0.4) is 0 Å². The molecular weight excluding hydrogens is 310 g/mol. The number of carbonyl (C=O) groups excluding carboxylic acids is 2. The van der Waals surface area contributed by atoms with E-state index in [1.54, 1.807) is 12.1 Å². The van der Waals surface area contributed by atoms with E-state index in [1.807, 2.05) is 32.9 Å². The van der Waals surface area contributed by atoms with Gasteiger partial charge in [-0.25, -0.2) is 0 Å². The van der Waals surface area contributed by atoms with E-state index in [-0.39, 0.29) is 37.2 Å². The van der Waals surface area contributed by atoms with Gasteiger partial charge in [-0.3, -0.25) is 14.4 Å². The number of amides is 1. The number of fused-ring (bicyclic) bond motifs is 1. The predicted molar refractivity (Wildman–Crippen MR) is 88.9 cm³/mol. The number of rotatable bonds is 4. The highest BCUT2D eigenvalue weighted by molar-refractivity contribution is 5.99. The summed E-state index contributed by atoms with van der Waals surface area (Å²) in [6.45, 7) is 5.05. The van der Waals surface area contributed by atoms with Crippen LogP contribution in [0.2, 0.25) is 0 Å². The molecule has 1 aromatic rings. The Morgan fingerprint density at radius 1 is 1.29 bits per heavy atom. The number of nitrogens with zero attached hydrogens (tertiary/aromatic N) is 1. The van der Waals surface area contributed by atoms with Crippen LogP contribution in [-0.4, -0.2) is 35.1 Å². The molecule has 130 valence electrons. The van der Waals surface area contributed by atoms with Gasteiger partial charge in [-0.1, -0.05) is 18.2 Å². The van der Waals surface area contributed by atoms with E-state index < -0.39 is 11.6 Å². The van der Waals surface area contributed by atoms with E-state index in [4.69, 9.17) is 9.84 Å². The maximum Gasteiger partial charge on any atom is 0.323 e. The van der Waals surface area contributed by atoms with Gasteiger partial charge in [0.25, 0.3) is 0 Å². The van der Waals surface area contributed by atoms with Crippen molar-refractivity contribution in [2.45, 2.75) is 51.6 Å². The molecule has 1 atom stereocenters. The summed E-state index contributed by atoms with van der Waals surface area (Å²) >= 11 is 0. The van der Waals surface area contributed by atoms with Crippen LogP contribution in [0.25, 0.3) is 0 Å². The van der Waals surface area contributed by atoms with E-state index in [2.05, 4.69) is 0 Å². The van der Waals surface area contributed by atoms with E-state index >= 15 is 0 Å². The first-order valence-corrected chi connectivity index (χ1v) is 8.00. The first-order chi connectivity index (χ1) is 11.2. The molecule has 1 unspecified atom stereocenters. The SMILES string of the molecule is CC(C)(C)OC(=O)CC1CCC(=O)N(CC(=O)O)c2ccccc21. The predicted octanol–water partition coefficient (Wildman–Crippen LogP) is 2.71. The van der Waals surface area contributed by atoms with Crippen molar-refractivity contribution < 1.29 is 24.2 Å². The number of hydrogen-bond acceptors (Lipinski definition) is 4. The molecule has 0 fully saturated rings. The van der Waals surface area contributed by atoms with Crippen LogP contribution in [-0.2, 0) is 19.1 Å². The summed E-state index contributed by atoms with van der Waals surface area (Å²) in [6, 6.07) is 7.16. The van der Waals surface area contributed by atoms with E-state index in [1.165, 1.54) is 4.90 Å². The quantitative estimate of drug-likeness (QED) is 0.857. The lowest BCUT2D eigenvalue weighted by Gasteiger charge is -2.24. The minimum absolute atomic E-state index is 0.168. The molecule has 6 heteroatoms. The Hall–Kier alpha value is -2.37. The van der Waals surface area contributed by atoms with Crippen molar-refractivity contribution in [3.05, 3.63) is 29.8 Å². The minimum atomic E-state index is -1.07. The number of benzene rings is 1. The Morgan fingerprint density at radius 3 is 2.58 bits per heavy atom. The number of ether oxygens (including phenoxy) is 1. The number of para-hydroxylation sites is 1. The van der Waals surface area contributed by atoms with Gasteiger partial charge in [0.15, 0.2) is 0 Å². The van der Waals surface area contributed by atoms with Crippen LogP contribution in [0, 0.1) is 0 Å². The van der Waals surface area contributed by atoms with Crippen LogP contribution in [0.1, 0.15) is 51.5 Å². The summed E-state index contributed by atoms with van der Waals surface area (Å²) in [6.07, 6.45) is 0.864. The second-order valence-electron chi connectivity index (χ2n) is 6.96. The maximum absolute atomic E-state index is 12.3. The molecule has 0 spiro atoms. The molecule has 1 aliphatic rings. The number of hydrogen-bond donors (Lipinski definition) is 1. The van der Waals surface area contributed by atoms with Crippen molar-refractivity contribution in [2.24, 2.45) is 0 Å². The van der Waals surface area contributed by atoms with E-state index in [9.17, 15) is 14.4 Å². The number of esters is 1. The minimum Gasteiger partial charge on any atom is -0.480 e. The van der Waals surface area contributed by atoms with E-state index in [0.29, 0.717) is 12.1 Å². The number of carbonyl (C=O) groups is 3. The molecule has 0 radical (unpaired) electrons. The number of carboxylic acid groups (broad SMARTS) is 1. The van der Waals surface area contributed by atoms with Crippen molar-refractivity contribution in [3.8, 4) is 0 Å². The molecular formula is C18H23NO5. The molecule has 0 saturated carbocycles. The summed E-state index contributed by atoms with van der Waals surface area (Å²) in [7, 11) is 0. The van der Waals surface area contributed by atoms with Crippen LogP contribution in [0.4, 0.5) is 5.69 Å². The molecule has 1 N–H and O–H groups in total. The van der Waals surface area contributed by atoms with Crippen molar-refractivity contribution >= 4 is 23.5 Å². The molecule has 0 bridgehead atoms. The monoisotopic (exact) mass is 333 g/mol. The second kappa shape index (κ2) is 7.03.